The van der Waals surface area contributed by atoms with E-state index in [-0.39, 0.29) is 0 Å². The van der Waals surface area contributed by atoms with E-state index in [1.54, 1.807) is 0 Å². The van der Waals surface area contributed by atoms with Crippen LogP contribution in [-0.4, -0.2) is 21.6 Å². The van der Waals surface area contributed by atoms with Gasteiger partial charge in [-0.25, -0.2) is 0 Å². The summed E-state index contributed by atoms with van der Waals surface area (Å²) < 4.78 is 7.62. The Kier molecular flexibility index (Phi) is 25.4. The highest BCUT2D eigenvalue weighted by molar-refractivity contribution is 5.29. The van der Waals surface area contributed by atoms with Crippen LogP contribution in [0.25, 0.3) is 0 Å². The lowest BCUT2D eigenvalue weighted by Crippen LogP contribution is -2.04. The molecule has 0 aliphatic heterocycles. The number of ether oxygens (including phenoxy) is 1. The van der Waals surface area contributed by atoms with Crippen molar-refractivity contribution in [3.8, 4) is 5.75 Å². The highest BCUT2D eigenvalue weighted by Gasteiger charge is 2.05. The standard InChI is InChI=1S/C14H22O.2C14H22.C10H19N3/c1-11(2)8-13-6-5-7-14(9-13)15-10-12(3)4;1-11(2)9-13-5-7-14(8-6-13)10-12(3)4;1-11(2)8-13-6-5-7-14(10-13)9-12(3)4;1-8(2)5-10-7-13(12-11-10)6-9(3)4/h5-7,9,11-12H,8,10H2,1-4H3;5-8,11-12H,9-10H2,1-4H3;5-7,10-12H,8-9H2,1-4H3;7-9H,5-6H2,1-4H3. The van der Waals surface area contributed by atoms with Gasteiger partial charge in [0.25, 0.3) is 0 Å². The molecule has 0 aliphatic rings. The van der Waals surface area contributed by atoms with Crippen LogP contribution in [0.3, 0.4) is 0 Å². The van der Waals surface area contributed by atoms with Gasteiger partial charge in [-0.05, 0) is 126 Å². The van der Waals surface area contributed by atoms with Gasteiger partial charge >= 0.3 is 0 Å². The lowest BCUT2D eigenvalue weighted by atomic mass is 9.97. The largest absolute Gasteiger partial charge is 0.493 e. The van der Waals surface area contributed by atoms with Gasteiger partial charge in [0.2, 0.25) is 0 Å². The summed E-state index contributed by atoms with van der Waals surface area (Å²) >= 11 is 0. The second-order valence-corrected chi connectivity index (χ2v) is 19.4. The van der Waals surface area contributed by atoms with Crippen molar-refractivity contribution in [1.82, 2.24) is 15.0 Å². The van der Waals surface area contributed by atoms with E-state index in [1.807, 2.05) is 10.7 Å². The molecule has 0 fully saturated rings. The molecule has 4 nitrogen and oxygen atoms in total. The van der Waals surface area contributed by atoms with Crippen molar-refractivity contribution in [3.63, 3.8) is 0 Å². The Morgan fingerprint density at radius 2 is 0.821 bits per heavy atom. The topological polar surface area (TPSA) is 39.9 Å². The average Bonchev–Trinajstić information content (AvgIpc) is 3.49. The van der Waals surface area contributed by atoms with Crippen LogP contribution in [-0.2, 0) is 45.1 Å². The fraction of sp³-hybridized carbons (Fsp3) is 0.615. The Morgan fingerprint density at radius 3 is 1.21 bits per heavy atom. The number of aromatic nitrogens is 3. The third-order valence-corrected chi connectivity index (χ3v) is 8.47. The van der Waals surface area contributed by atoms with Crippen LogP contribution in [0.1, 0.15) is 144 Å². The molecule has 0 radical (unpaired) electrons. The van der Waals surface area contributed by atoms with Gasteiger partial charge in [0.05, 0.1) is 12.3 Å². The van der Waals surface area contributed by atoms with Crippen LogP contribution in [0.2, 0.25) is 0 Å². The number of benzene rings is 3. The van der Waals surface area contributed by atoms with Crippen LogP contribution in [0.4, 0.5) is 0 Å². The van der Waals surface area contributed by atoms with E-state index in [0.717, 1.165) is 61.1 Å². The van der Waals surface area contributed by atoms with Gasteiger partial charge in [-0.3, -0.25) is 4.68 Å². The van der Waals surface area contributed by atoms with Crippen molar-refractivity contribution in [2.24, 2.45) is 47.3 Å². The van der Waals surface area contributed by atoms with Gasteiger partial charge in [0.15, 0.2) is 0 Å². The minimum absolute atomic E-state index is 0.582. The zero-order valence-electron chi connectivity index (χ0n) is 39.0. The van der Waals surface area contributed by atoms with Crippen molar-refractivity contribution in [3.05, 3.63) is 113 Å². The molecule has 0 aliphatic carbocycles. The normalized spacial score (nSPS) is 11.3. The zero-order chi connectivity index (χ0) is 42.2. The number of nitrogens with zero attached hydrogens (tertiary/aromatic N) is 3. The maximum Gasteiger partial charge on any atom is 0.119 e. The molecule has 4 aromatic rings. The van der Waals surface area contributed by atoms with Crippen LogP contribution >= 0.6 is 0 Å². The average molecular weight is 768 g/mol. The summed E-state index contributed by atoms with van der Waals surface area (Å²) in [5.74, 6) is 6.59. The minimum Gasteiger partial charge on any atom is -0.493 e. The van der Waals surface area contributed by atoms with Crippen LogP contribution < -0.4 is 4.74 Å². The summed E-state index contributed by atoms with van der Waals surface area (Å²) in [6.45, 7) is 37.5. The second-order valence-electron chi connectivity index (χ2n) is 19.4. The first-order valence-corrected chi connectivity index (χ1v) is 22.1. The van der Waals surface area contributed by atoms with E-state index in [1.165, 1.54) is 53.5 Å². The Labute approximate surface area is 346 Å². The lowest BCUT2D eigenvalue weighted by Gasteiger charge is -2.10. The molecular formula is C52H85N3O. The summed E-state index contributed by atoms with van der Waals surface area (Å²) in [5, 5.41) is 8.20. The Balaban J connectivity index is 0.000000374. The molecule has 0 atom stereocenters. The van der Waals surface area contributed by atoms with Crippen molar-refractivity contribution >= 4 is 0 Å². The third-order valence-electron chi connectivity index (χ3n) is 8.47. The van der Waals surface area contributed by atoms with E-state index in [9.17, 15) is 0 Å². The molecule has 0 saturated carbocycles. The molecule has 1 heterocycles. The second kappa shape index (κ2) is 28.1. The molecule has 0 saturated heterocycles. The molecule has 4 rings (SSSR count). The molecule has 0 amide bonds. The first kappa shape index (κ1) is 50.6. The van der Waals surface area contributed by atoms with E-state index in [2.05, 4.69) is 194 Å². The maximum absolute atomic E-state index is 5.69. The Morgan fingerprint density at radius 1 is 0.429 bits per heavy atom. The van der Waals surface area contributed by atoms with Gasteiger partial charge in [0.1, 0.15) is 5.75 Å². The highest BCUT2D eigenvalue weighted by atomic mass is 16.5. The Hall–Kier alpha value is -3.40. The molecule has 56 heavy (non-hydrogen) atoms. The molecular weight excluding hydrogens is 683 g/mol. The smallest absolute Gasteiger partial charge is 0.119 e. The van der Waals surface area contributed by atoms with E-state index in [4.69, 9.17) is 4.74 Å². The molecule has 314 valence electrons. The van der Waals surface area contributed by atoms with Gasteiger partial charge in [0, 0.05) is 12.7 Å². The molecule has 4 heteroatoms. The predicted octanol–water partition coefficient (Wildman–Crippen LogP) is 14.2. The molecule has 0 unspecified atom stereocenters. The lowest BCUT2D eigenvalue weighted by molar-refractivity contribution is 0.271. The summed E-state index contributed by atoms with van der Waals surface area (Å²) in [6, 6.07) is 26.6. The van der Waals surface area contributed by atoms with Gasteiger partial charge in [-0.15, -0.1) is 5.10 Å². The van der Waals surface area contributed by atoms with E-state index in [0.29, 0.717) is 23.7 Å². The molecule has 1 aromatic heterocycles. The van der Waals surface area contributed by atoms with Crippen LogP contribution in [0, 0.1) is 47.3 Å². The number of hydrogen-bond acceptors (Lipinski definition) is 3. The van der Waals surface area contributed by atoms with Crippen molar-refractivity contribution in [2.45, 2.75) is 156 Å². The maximum atomic E-state index is 5.69. The molecule has 0 spiro atoms. The van der Waals surface area contributed by atoms with E-state index < -0.39 is 0 Å². The van der Waals surface area contributed by atoms with Gasteiger partial charge in [-0.2, -0.15) is 0 Å². The minimum atomic E-state index is 0.582. The van der Waals surface area contributed by atoms with Crippen molar-refractivity contribution in [2.75, 3.05) is 6.61 Å². The van der Waals surface area contributed by atoms with Crippen LogP contribution in [0.15, 0.2) is 79.0 Å². The number of hydrogen-bond donors (Lipinski definition) is 0. The van der Waals surface area contributed by atoms with Gasteiger partial charge in [-0.1, -0.05) is 177 Å². The predicted molar refractivity (Wildman–Crippen MR) is 246 cm³/mol. The van der Waals surface area contributed by atoms with Crippen molar-refractivity contribution < 1.29 is 4.74 Å². The van der Waals surface area contributed by atoms with Crippen LogP contribution in [0.5, 0.6) is 5.75 Å². The SMILES string of the molecule is CC(C)COc1cccc(CC(C)C)c1.CC(C)Cc1ccc(CC(C)C)cc1.CC(C)Cc1cccc(CC(C)C)c1.CC(C)Cc1cn(CC(C)C)nn1. The molecule has 3 aromatic carbocycles. The molecule has 0 N–H and O–H groups in total. The zero-order valence-corrected chi connectivity index (χ0v) is 39.0. The monoisotopic (exact) mass is 768 g/mol. The first-order valence-electron chi connectivity index (χ1n) is 22.1. The third kappa shape index (κ3) is 26.5. The quantitative estimate of drug-likeness (QED) is 0.107. The fourth-order valence-corrected chi connectivity index (χ4v) is 6.39. The van der Waals surface area contributed by atoms with Gasteiger partial charge < -0.3 is 4.74 Å². The summed E-state index contributed by atoms with van der Waals surface area (Å²) in [4.78, 5) is 0. The highest BCUT2D eigenvalue weighted by Crippen LogP contribution is 2.18. The summed E-state index contributed by atoms with van der Waals surface area (Å²) in [5.41, 5.74) is 8.37. The fourth-order valence-electron chi connectivity index (χ4n) is 6.39. The van der Waals surface area contributed by atoms with Crippen molar-refractivity contribution in [1.29, 1.82) is 0 Å². The first-order chi connectivity index (χ1) is 26.3. The number of rotatable bonds is 17. The van der Waals surface area contributed by atoms with E-state index >= 15 is 0 Å². The summed E-state index contributed by atoms with van der Waals surface area (Å²) in [7, 11) is 0. The summed E-state index contributed by atoms with van der Waals surface area (Å²) in [6.07, 6.45) is 9.00. The molecule has 0 bridgehead atoms. The Bertz CT molecular complexity index is 1460.